The number of halogens is 1. The molecule has 3 rings (SSSR count). The molecule has 2 aromatic rings. The molecule has 6 nitrogen and oxygen atoms in total. The van der Waals surface area contributed by atoms with Crippen LogP contribution in [0.3, 0.4) is 0 Å². The molecule has 0 bridgehead atoms. The molecular formula is C19H22ClN3O3. The molecule has 26 heavy (non-hydrogen) atoms. The first-order valence-corrected chi connectivity index (χ1v) is 9.02. The van der Waals surface area contributed by atoms with E-state index in [-0.39, 0.29) is 0 Å². The summed E-state index contributed by atoms with van der Waals surface area (Å²) in [4.78, 5) is 15.4. The second-order valence-corrected chi connectivity index (χ2v) is 6.86. The zero-order valence-electron chi connectivity index (χ0n) is 14.5. The number of amides is 1. The Morgan fingerprint density at radius 1 is 1.46 bits per heavy atom. The first-order valence-electron chi connectivity index (χ1n) is 8.64. The van der Waals surface area contributed by atoms with Crippen LogP contribution >= 0.6 is 11.6 Å². The van der Waals surface area contributed by atoms with Crippen LogP contribution in [0.4, 0.5) is 4.79 Å². The van der Waals surface area contributed by atoms with Crippen molar-refractivity contribution in [1.82, 2.24) is 10.3 Å². The molecule has 1 heterocycles. The molecule has 1 aliphatic rings. The van der Waals surface area contributed by atoms with Crippen LogP contribution in [0.25, 0.3) is 11.3 Å². The van der Waals surface area contributed by atoms with Crippen molar-refractivity contribution in [3.63, 3.8) is 0 Å². The third-order valence-corrected chi connectivity index (χ3v) is 4.71. The topological polar surface area (TPSA) is 97.5 Å². The number of carboxylic acid groups (broad SMARTS) is 1. The maximum atomic E-state index is 10.9. The van der Waals surface area contributed by atoms with Crippen molar-refractivity contribution in [1.29, 1.82) is 0 Å². The first kappa shape index (κ1) is 18.5. The Morgan fingerprint density at radius 3 is 2.85 bits per heavy atom. The number of pyridine rings is 1. The lowest BCUT2D eigenvalue weighted by atomic mass is 10.0. The highest BCUT2D eigenvalue weighted by Crippen LogP contribution is 2.34. The van der Waals surface area contributed by atoms with Gasteiger partial charge in [-0.15, -0.1) is 0 Å². The normalized spacial score (nSPS) is 14.7. The van der Waals surface area contributed by atoms with Gasteiger partial charge in [-0.2, -0.15) is 0 Å². The lowest BCUT2D eigenvalue weighted by Crippen LogP contribution is -2.33. The fraction of sp³-hybridized carbons (Fsp3) is 0.368. The van der Waals surface area contributed by atoms with Crippen LogP contribution in [-0.4, -0.2) is 22.8 Å². The molecule has 1 atom stereocenters. The highest BCUT2D eigenvalue weighted by molar-refractivity contribution is 6.32. The maximum Gasteiger partial charge on any atom is 0.406 e. The number of ether oxygens (including phenoxy) is 1. The number of carbonyl (C=O) groups is 1. The van der Waals surface area contributed by atoms with Gasteiger partial charge in [0.15, 0.2) is 0 Å². The van der Waals surface area contributed by atoms with Gasteiger partial charge in [0.05, 0.1) is 17.3 Å². The van der Waals surface area contributed by atoms with Crippen molar-refractivity contribution >= 4 is 17.7 Å². The monoisotopic (exact) mass is 375 g/mol. The fourth-order valence-corrected chi connectivity index (χ4v) is 2.96. The molecular weight excluding hydrogens is 354 g/mol. The molecule has 1 aliphatic carbocycles. The number of nitrogens with one attached hydrogen (secondary N) is 1. The number of benzene rings is 1. The van der Waals surface area contributed by atoms with Gasteiger partial charge < -0.3 is 20.9 Å². The van der Waals surface area contributed by atoms with E-state index >= 15 is 0 Å². The van der Waals surface area contributed by atoms with Gasteiger partial charge in [0.1, 0.15) is 11.9 Å². The zero-order valence-corrected chi connectivity index (χ0v) is 15.3. The molecule has 138 valence electrons. The molecule has 1 aromatic carbocycles. The number of hydrogen-bond acceptors (Lipinski definition) is 4. The van der Waals surface area contributed by atoms with Gasteiger partial charge in [0, 0.05) is 11.8 Å². The van der Waals surface area contributed by atoms with E-state index in [9.17, 15) is 4.79 Å². The Hall–Kier alpha value is -2.31. The predicted octanol–water partition coefficient (Wildman–Crippen LogP) is 3.98. The van der Waals surface area contributed by atoms with E-state index in [1.165, 1.54) is 12.8 Å². The Bertz CT molecular complexity index is 809. The summed E-state index contributed by atoms with van der Waals surface area (Å²) in [6, 6.07) is 7.33. The Balaban J connectivity index is 1.85. The van der Waals surface area contributed by atoms with Crippen LogP contribution < -0.4 is 15.8 Å². The van der Waals surface area contributed by atoms with Crippen LogP contribution in [0.1, 0.15) is 37.1 Å². The quantitative estimate of drug-likeness (QED) is 0.636. The van der Waals surface area contributed by atoms with Crippen LogP contribution in [0.2, 0.25) is 5.02 Å². The summed E-state index contributed by atoms with van der Waals surface area (Å²) in [6.45, 7) is 2.67. The van der Waals surface area contributed by atoms with Crippen molar-refractivity contribution in [2.45, 2.75) is 32.4 Å². The van der Waals surface area contributed by atoms with E-state index in [1.807, 2.05) is 19.1 Å². The standard InChI is InChI=1S/C19H22ClN3O3/c1-2-12-9-22-16(8-14(12)18(21)23-19(24)25)13-5-6-17(15(20)7-13)26-10-11-3-4-11/h5-9,11,18,23H,2-4,10,21H2,1H3,(H,24,25). The molecule has 1 unspecified atom stereocenters. The van der Waals surface area contributed by atoms with Gasteiger partial charge >= 0.3 is 6.09 Å². The first-order chi connectivity index (χ1) is 12.5. The molecule has 0 saturated heterocycles. The van der Waals surface area contributed by atoms with E-state index in [2.05, 4.69) is 10.3 Å². The number of hydrogen-bond donors (Lipinski definition) is 3. The summed E-state index contributed by atoms with van der Waals surface area (Å²) in [5.41, 5.74) is 9.07. The summed E-state index contributed by atoms with van der Waals surface area (Å²) in [7, 11) is 0. The predicted molar refractivity (Wildman–Crippen MR) is 100 cm³/mol. The number of nitrogens with two attached hydrogens (primary N) is 1. The molecule has 7 heteroatoms. The molecule has 0 radical (unpaired) electrons. The fourth-order valence-electron chi connectivity index (χ4n) is 2.72. The highest BCUT2D eigenvalue weighted by atomic mass is 35.5. The minimum atomic E-state index is -1.17. The van der Waals surface area contributed by atoms with E-state index in [0.29, 0.717) is 41.0 Å². The summed E-state index contributed by atoms with van der Waals surface area (Å²) in [5, 5.41) is 11.7. The molecule has 0 spiro atoms. The van der Waals surface area contributed by atoms with Gasteiger partial charge in [0.2, 0.25) is 0 Å². The average Bonchev–Trinajstić information content (AvgIpc) is 3.44. The van der Waals surface area contributed by atoms with Gasteiger partial charge in [-0.3, -0.25) is 4.98 Å². The minimum absolute atomic E-state index is 0.527. The Kier molecular flexibility index (Phi) is 5.64. The molecule has 1 saturated carbocycles. The van der Waals surface area contributed by atoms with E-state index in [4.69, 9.17) is 27.2 Å². The summed E-state index contributed by atoms with van der Waals surface area (Å²) in [6.07, 6.45) is 2.87. The molecule has 1 fully saturated rings. The summed E-state index contributed by atoms with van der Waals surface area (Å²) >= 11 is 6.35. The third kappa shape index (κ3) is 4.45. The van der Waals surface area contributed by atoms with Crippen molar-refractivity contribution in [2.75, 3.05) is 6.61 Å². The van der Waals surface area contributed by atoms with Crippen LogP contribution in [-0.2, 0) is 6.42 Å². The Labute approximate surface area is 157 Å². The van der Waals surface area contributed by atoms with Gasteiger partial charge in [0.25, 0.3) is 0 Å². The smallest absolute Gasteiger partial charge is 0.406 e. The largest absolute Gasteiger partial charge is 0.492 e. The molecule has 1 amide bonds. The Morgan fingerprint density at radius 2 is 2.23 bits per heavy atom. The lowest BCUT2D eigenvalue weighted by molar-refractivity contribution is 0.190. The lowest BCUT2D eigenvalue weighted by Gasteiger charge is -2.17. The summed E-state index contributed by atoms with van der Waals surface area (Å²) < 4.78 is 5.75. The second-order valence-electron chi connectivity index (χ2n) is 6.45. The van der Waals surface area contributed by atoms with Gasteiger partial charge in [-0.25, -0.2) is 4.79 Å². The maximum absolute atomic E-state index is 10.9. The summed E-state index contributed by atoms with van der Waals surface area (Å²) in [5.74, 6) is 1.32. The van der Waals surface area contributed by atoms with Crippen LogP contribution in [0.5, 0.6) is 5.75 Å². The molecule has 4 N–H and O–H groups in total. The van der Waals surface area contributed by atoms with Crippen molar-refractivity contribution in [2.24, 2.45) is 11.7 Å². The molecule has 0 aliphatic heterocycles. The average molecular weight is 376 g/mol. The van der Waals surface area contributed by atoms with Gasteiger partial charge in [-0.05, 0) is 60.6 Å². The molecule has 1 aromatic heterocycles. The van der Waals surface area contributed by atoms with Crippen molar-refractivity contribution < 1.29 is 14.6 Å². The SMILES string of the molecule is CCc1cnc(-c2ccc(OCC3CC3)c(Cl)c2)cc1C(N)NC(=O)O. The highest BCUT2D eigenvalue weighted by Gasteiger charge is 2.22. The zero-order chi connectivity index (χ0) is 18.7. The van der Waals surface area contributed by atoms with E-state index < -0.39 is 12.3 Å². The number of aromatic nitrogens is 1. The third-order valence-electron chi connectivity index (χ3n) is 4.42. The number of aryl methyl sites for hydroxylation is 1. The minimum Gasteiger partial charge on any atom is -0.492 e. The second kappa shape index (κ2) is 7.93. The van der Waals surface area contributed by atoms with Crippen LogP contribution in [0.15, 0.2) is 30.5 Å². The van der Waals surface area contributed by atoms with Crippen molar-refractivity contribution in [3.05, 3.63) is 46.6 Å². The van der Waals surface area contributed by atoms with Crippen molar-refractivity contribution in [3.8, 4) is 17.0 Å². The van der Waals surface area contributed by atoms with Crippen LogP contribution in [0, 0.1) is 5.92 Å². The number of nitrogens with zero attached hydrogens (tertiary/aromatic N) is 1. The number of rotatable bonds is 7. The van der Waals surface area contributed by atoms with E-state index in [0.717, 1.165) is 11.1 Å². The van der Waals surface area contributed by atoms with Gasteiger partial charge in [-0.1, -0.05) is 18.5 Å². The van der Waals surface area contributed by atoms with E-state index in [1.54, 1.807) is 18.3 Å².